The van der Waals surface area contributed by atoms with E-state index < -0.39 is 0 Å². The fourth-order valence-corrected chi connectivity index (χ4v) is 3.13. The summed E-state index contributed by atoms with van der Waals surface area (Å²) in [6, 6.07) is 7.96. The molecular formula is C17H18N4O2S. The van der Waals surface area contributed by atoms with Crippen LogP contribution < -0.4 is 0 Å². The molecule has 1 aromatic heterocycles. The fourth-order valence-electron chi connectivity index (χ4n) is 2.26. The molecule has 1 aliphatic rings. The molecular weight excluding hydrogens is 324 g/mol. The number of rotatable bonds is 4. The van der Waals surface area contributed by atoms with Crippen LogP contribution >= 0.6 is 11.8 Å². The van der Waals surface area contributed by atoms with Crippen LogP contribution in [-0.2, 0) is 9.53 Å². The van der Waals surface area contributed by atoms with Gasteiger partial charge < -0.3 is 4.74 Å². The molecule has 0 N–H and O–H groups in total. The van der Waals surface area contributed by atoms with E-state index in [-0.39, 0.29) is 5.97 Å². The number of aryl methyl sites for hydroxylation is 2. The second kappa shape index (κ2) is 7.00. The monoisotopic (exact) mass is 342 g/mol. The zero-order chi connectivity index (χ0) is 17.1. The van der Waals surface area contributed by atoms with E-state index in [0.29, 0.717) is 29.5 Å². The van der Waals surface area contributed by atoms with Gasteiger partial charge in [0.05, 0.1) is 17.9 Å². The smallest absolute Gasteiger partial charge is 0.340 e. The standard InChI is InChI=1S/C17H18N4O2S/c1-4-23-16(22)14(9-13-7-5-11(2)6-8-13)15-10-24-17-19-18-12(3)21(17)20-15/h5-9H,4,10H2,1-3H3. The summed E-state index contributed by atoms with van der Waals surface area (Å²) < 4.78 is 6.87. The van der Waals surface area contributed by atoms with Crippen molar-refractivity contribution < 1.29 is 9.53 Å². The lowest BCUT2D eigenvalue weighted by atomic mass is 10.1. The molecule has 0 saturated carbocycles. The van der Waals surface area contributed by atoms with Gasteiger partial charge in [0.1, 0.15) is 0 Å². The highest BCUT2D eigenvalue weighted by Crippen LogP contribution is 2.25. The van der Waals surface area contributed by atoms with Gasteiger partial charge in [-0.2, -0.15) is 9.78 Å². The topological polar surface area (TPSA) is 69.4 Å². The molecule has 0 atom stereocenters. The van der Waals surface area contributed by atoms with Crippen molar-refractivity contribution >= 4 is 29.5 Å². The highest BCUT2D eigenvalue weighted by atomic mass is 32.2. The second-order valence-electron chi connectivity index (χ2n) is 5.37. The molecule has 0 saturated heterocycles. The number of hydrogen-bond acceptors (Lipinski definition) is 6. The Morgan fingerprint density at radius 2 is 2.04 bits per heavy atom. The Labute approximate surface area is 144 Å². The van der Waals surface area contributed by atoms with Gasteiger partial charge in [0.25, 0.3) is 0 Å². The van der Waals surface area contributed by atoms with Gasteiger partial charge in [-0.3, -0.25) is 0 Å². The first-order valence-electron chi connectivity index (χ1n) is 7.67. The third-order valence-electron chi connectivity index (χ3n) is 3.52. The van der Waals surface area contributed by atoms with Gasteiger partial charge in [0.15, 0.2) is 5.82 Å². The summed E-state index contributed by atoms with van der Waals surface area (Å²) in [5, 5.41) is 13.3. The van der Waals surface area contributed by atoms with E-state index in [4.69, 9.17) is 4.74 Å². The lowest BCUT2D eigenvalue weighted by molar-refractivity contribution is -0.137. The van der Waals surface area contributed by atoms with E-state index in [2.05, 4.69) is 15.3 Å². The Bertz CT molecular complexity index is 822. The number of carbonyl (C=O) groups excluding carboxylic acids is 1. The molecule has 1 aliphatic heterocycles. The van der Waals surface area contributed by atoms with Crippen molar-refractivity contribution in [3.63, 3.8) is 0 Å². The molecule has 0 bridgehead atoms. The minimum atomic E-state index is -0.369. The van der Waals surface area contributed by atoms with Crippen molar-refractivity contribution in [1.82, 2.24) is 14.9 Å². The number of aromatic nitrogens is 3. The molecule has 3 rings (SSSR count). The molecule has 0 unspecified atom stereocenters. The third-order valence-corrected chi connectivity index (χ3v) is 4.45. The second-order valence-corrected chi connectivity index (χ2v) is 6.31. The number of fused-ring (bicyclic) bond motifs is 1. The molecule has 0 spiro atoms. The van der Waals surface area contributed by atoms with Crippen LogP contribution in [0.2, 0.25) is 0 Å². The predicted octanol–water partition coefficient (Wildman–Crippen LogP) is 2.85. The molecule has 2 aromatic rings. The number of carbonyl (C=O) groups is 1. The first-order chi connectivity index (χ1) is 11.6. The van der Waals surface area contributed by atoms with Crippen LogP contribution in [0.25, 0.3) is 6.08 Å². The van der Waals surface area contributed by atoms with Crippen molar-refractivity contribution in [3.05, 3.63) is 46.8 Å². The highest BCUT2D eigenvalue weighted by Gasteiger charge is 2.24. The quantitative estimate of drug-likeness (QED) is 0.631. The molecule has 0 fully saturated rings. The minimum absolute atomic E-state index is 0.321. The zero-order valence-electron chi connectivity index (χ0n) is 13.8. The molecule has 1 aromatic carbocycles. The van der Waals surface area contributed by atoms with Crippen molar-refractivity contribution in [3.8, 4) is 0 Å². The fraction of sp³-hybridized carbons (Fsp3) is 0.294. The average Bonchev–Trinajstić information content (AvgIpc) is 2.95. The van der Waals surface area contributed by atoms with Crippen molar-refractivity contribution in [2.24, 2.45) is 5.10 Å². The first kappa shape index (κ1) is 16.4. The Kier molecular flexibility index (Phi) is 4.80. The summed E-state index contributed by atoms with van der Waals surface area (Å²) in [6.45, 7) is 5.97. The maximum absolute atomic E-state index is 12.4. The third kappa shape index (κ3) is 3.41. The maximum atomic E-state index is 12.4. The van der Waals surface area contributed by atoms with Crippen LogP contribution in [0.3, 0.4) is 0 Å². The van der Waals surface area contributed by atoms with Gasteiger partial charge in [0, 0.05) is 5.75 Å². The normalized spacial score (nSPS) is 14.1. The largest absolute Gasteiger partial charge is 0.462 e. The number of esters is 1. The van der Waals surface area contributed by atoms with Gasteiger partial charge in [-0.25, -0.2) is 4.79 Å². The number of ether oxygens (including phenoxy) is 1. The van der Waals surface area contributed by atoms with Gasteiger partial charge in [-0.15, -0.1) is 10.2 Å². The summed E-state index contributed by atoms with van der Waals surface area (Å²) in [7, 11) is 0. The summed E-state index contributed by atoms with van der Waals surface area (Å²) in [5.74, 6) is 0.870. The summed E-state index contributed by atoms with van der Waals surface area (Å²) in [5.41, 5.74) is 3.23. The van der Waals surface area contributed by atoms with Gasteiger partial charge in [0.2, 0.25) is 5.16 Å². The number of thioether (sulfide) groups is 1. The van der Waals surface area contributed by atoms with Crippen LogP contribution in [0.4, 0.5) is 0 Å². The number of nitrogens with zero attached hydrogens (tertiary/aromatic N) is 4. The highest BCUT2D eigenvalue weighted by molar-refractivity contribution is 7.99. The predicted molar refractivity (Wildman–Crippen MR) is 94.1 cm³/mol. The van der Waals surface area contributed by atoms with Crippen LogP contribution in [0.15, 0.2) is 40.1 Å². The van der Waals surface area contributed by atoms with E-state index in [0.717, 1.165) is 10.7 Å². The molecule has 0 amide bonds. The van der Waals surface area contributed by atoms with Crippen molar-refractivity contribution in [2.45, 2.75) is 25.9 Å². The zero-order valence-corrected chi connectivity index (χ0v) is 14.6. The molecule has 2 heterocycles. The minimum Gasteiger partial charge on any atom is -0.462 e. The van der Waals surface area contributed by atoms with E-state index in [1.807, 2.05) is 44.2 Å². The van der Waals surface area contributed by atoms with Gasteiger partial charge in [-0.1, -0.05) is 41.6 Å². The van der Waals surface area contributed by atoms with Crippen molar-refractivity contribution in [2.75, 3.05) is 12.4 Å². The van der Waals surface area contributed by atoms with E-state index in [1.165, 1.54) is 17.3 Å². The molecule has 7 heteroatoms. The molecule has 0 aliphatic carbocycles. The SMILES string of the molecule is CCOC(=O)C(=Cc1ccc(C)cc1)C1=Nn2c(C)nnc2SC1. The summed E-state index contributed by atoms with van der Waals surface area (Å²) in [4.78, 5) is 12.4. The van der Waals surface area contributed by atoms with Gasteiger partial charge >= 0.3 is 5.97 Å². The Morgan fingerprint density at radius 3 is 2.75 bits per heavy atom. The molecule has 0 radical (unpaired) electrons. The van der Waals surface area contributed by atoms with Crippen LogP contribution in [0.1, 0.15) is 23.9 Å². The Hall–Kier alpha value is -2.41. The molecule has 124 valence electrons. The van der Waals surface area contributed by atoms with E-state index in [1.54, 1.807) is 11.6 Å². The lowest BCUT2D eigenvalue weighted by Crippen LogP contribution is -2.21. The molecule has 6 nitrogen and oxygen atoms in total. The lowest BCUT2D eigenvalue weighted by Gasteiger charge is -2.15. The molecule has 24 heavy (non-hydrogen) atoms. The first-order valence-corrected chi connectivity index (χ1v) is 8.65. The maximum Gasteiger partial charge on any atom is 0.340 e. The summed E-state index contributed by atoms with van der Waals surface area (Å²) in [6.07, 6.45) is 1.82. The van der Waals surface area contributed by atoms with Crippen LogP contribution in [-0.4, -0.2) is 38.9 Å². The Balaban J connectivity index is 2.02. The Morgan fingerprint density at radius 1 is 1.29 bits per heavy atom. The van der Waals surface area contributed by atoms with E-state index in [9.17, 15) is 4.79 Å². The average molecular weight is 342 g/mol. The number of hydrogen-bond donors (Lipinski definition) is 0. The number of benzene rings is 1. The van der Waals surface area contributed by atoms with Crippen LogP contribution in [0, 0.1) is 13.8 Å². The van der Waals surface area contributed by atoms with Crippen molar-refractivity contribution in [1.29, 1.82) is 0 Å². The summed E-state index contributed by atoms with van der Waals surface area (Å²) >= 11 is 1.50. The van der Waals surface area contributed by atoms with Gasteiger partial charge in [-0.05, 0) is 32.4 Å². The van der Waals surface area contributed by atoms with E-state index >= 15 is 0 Å². The van der Waals surface area contributed by atoms with Crippen LogP contribution in [0.5, 0.6) is 0 Å².